The van der Waals surface area contributed by atoms with E-state index in [2.05, 4.69) is 24.4 Å². The Morgan fingerprint density at radius 2 is 1.37 bits per heavy atom. The van der Waals surface area contributed by atoms with Crippen molar-refractivity contribution < 1.29 is 44.3 Å². The Morgan fingerprint density at radius 1 is 0.833 bits per heavy atom. The average Bonchev–Trinajstić information content (AvgIpc) is 2.70. The summed E-state index contributed by atoms with van der Waals surface area (Å²) in [4.78, 5) is 23.1. The summed E-state index contributed by atoms with van der Waals surface area (Å²) in [6.07, 6.45) is 22.9. The van der Waals surface area contributed by atoms with Crippen LogP contribution in [0.25, 0.3) is 0 Å². The quantitative estimate of drug-likeness (QED) is 0.147. The molecule has 0 spiro atoms. The molecule has 170 valence electrons. The van der Waals surface area contributed by atoms with Crippen LogP contribution in [0.1, 0.15) is 116 Å². The fourth-order valence-electron chi connectivity index (χ4n) is 3.37. The van der Waals surface area contributed by atoms with Crippen LogP contribution in [-0.4, -0.2) is 29.6 Å². The second kappa shape index (κ2) is 24.9. The molecule has 0 saturated carbocycles. The summed E-state index contributed by atoms with van der Waals surface area (Å²) >= 11 is 0. The van der Waals surface area contributed by atoms with Gasteiger partial charge in [0, 0.05) is 6.42 Å². The minimum absolute atomic E-state index is 0. The van der Waals surface area contributed by atoms with E-state index in [9.17, 15) is 14.7 Å². The van der Waals surface area contributed by atoms with Gasteiger partial charge >= 0.3 is 35.5 Å². The monoisotopic (exact) mass is 433 g/mol. The van der Waals surface area contributed by atoms with Gasteiger partial charge in [-0.25, -0.2) is 4.79 Å². The van der Waals surface area contributed by atoms with Crippen molar-refractivity contribution >= 4 is 11.9 Å². The smallest absolute Gasteiger partial charge is 0.480 e. The molecular formula is C24H46N2NaO3+. The Morgan fingerprint density at radius 3 is 1.90 bits per heavy atom. The van der Waals surface area contributed by atoms with E-state index in [0.717, 1.165) is 38.5 Å². The standard InChI is InChI=1S/C24H46N2O3.Na/c1-2-3-4-5-6-7-8-9-10-11-12-13-14-15-16-20-23(27)26-22(24(28)29)19-17-18-21-25;/h9-10,22H,2-8,11-21,25H2,1H3,(H,26,27)(H,28,29);/q;+1/b10-9-;. The van der Waals surface area contributed by atoms with Crippen LogP contribution >= 0.6 is 0 Å². The predicted octanol–water partition coefficient (Wildman–Crippen LogP) is 2.73. The number of rotatable bonds is 21. The first kappa shape index (κ1) is 31.8. The van der Waals surface area contributed by atoms with Crippen molar-refractivity contribution in [3.63, 3.8) is 0 Å². The molecule has 0 heterocycles. The Labute approximate surface area is 207 Å². The van der Waals surface area contributed by atoms with Crippen LogP contribution in [0.2, 0.25) is 0 Å². The third kappa shape index (κ3) is 22.3. The van der Waals surface area contributed by atoms with Crippen molar-refractivity contribution in [1.82, 2.24) is 5.32 Å². The maximum atomic E-state index is 11.9. The van der Waals surface area contributed by atoms with Gasteiger partial charge in [0.25, 0.3) is 0 Å². The van der Waals surface area contributed by atoms with E-state index < -0.39 is 12.0 Å². The molecule has 0 rings (SSSR count). The molecule has 0 aromatic carbocycles. The summed E-state index contributed by atoms with van der Waals surface area (Å²) < 4.78 is 0. The molecule has 0 aliphatic carbocycles. The topological polar surface area (TPSA) is 92.4 Å². The minimum Gasteiger partial charge on any atom is -0.480 e. The first-order valence-electron chi connectivity index (χ1n) is 12.0. The molecule has 0 aliphatic rings. The van der Waals surface area contributed by atoms with E-state index >= 15 is 0 Å². The molecule has 5 nitrogen and oxygen atoms in total. The number of carbonyl (C=O) groups excluding carboxylic acids is 1. The van der Waals surface area contributed by atoms with Crippen LogP contribution in [0, 0.1) is 0 Å². The summed E-state index contributed by atoms with van der Waals surface area (Å²) in [6, 6.07) is -0.780. The average molecular weight is 434 g/mol. The molecule has 0 saturated heterocycles. The third-order valence-electron chi connectivity index (χ3n) is 5.25. The maximum absolute atomic E-state index is 11.9. The zero-order chi connectivity index (χ0) is 21.6. The minimum atomic E-state index is -0.958. The molecule has 0 bridgehead atoms. The second-order valence-electron chi connectivity index (χ2n) is 8.08. The molecule has 6 heteroatoms. The SMILES string of the molecule is CCCCCCCC/C=C\CCCCCCCC(=O)NC(CCCCN)C(=O)O.[Na+]. The van der Waals surface area contributed by atoms with Crippen LogP contribution in [0.4, 0.5) is 0 Å². The third-order valence-corrected chi connectivity index (χ3v) is 5.25. The van der Waals surface area contributed by atoms with Crippen molar-refractivity contribution in [2.24, 2.45) is 5.73 Å². The molecule has 0 fully saturated rings. The summed E-state index contributed by atoms with van der Waals surface area (Å²) in [5.74, 6) is -1.11. The number of amides is 1. The van der Waals surface area contributed by atoms with Gasteiger partial charge in [0.05, 0.1) is 0 Å². The largest absolute Gasteiger partial charge is 1.00 e. The van der Waals surface area contributed by atoms with E-state index in [-0.39, 0.29) is 35.5 Å². The molecule has 0 radical (unpaired) electrons. The van der Waals surface area contributed by atoms with E-state index in [0.29, 0.717) is 19.4 Å². The predicted molar refractivity (Wildman–Crippen MR) is 122 cm³/mol. The first-order chi connectivity index (χ1) is 14.1. The van der Waals surface area contributed by atoms with Gasteiger partial charge in [0.1, 0.15) is 6.04 Å². The van der Waals surface area contributed by atoms with Crippen LogP contribution in [0.5, 0.6) is 0 Å². The number of aliphatic carboxylic acids is 1. The summed E-state index contributed by atoms with van der Waals surface area (Å²) in [6.45, 7) is 2.80. The van der Waals surface area contributed by atoms with Crippen LogP contribution in [-0.2, 0) is 9.59 Å². The molecule has 0 aromatic rings. The summed E-state index contributed by atoms with van der Waals surface area (Å²) in [5, 5.41) is 11.8. The Bertz CT molecular complexity index is 431. The first-order valence-corrected chi connectivity index (χ1v) is 12.0. The van der Waals surface area contributed by atoms with Crippen LogP contribution in [0.15, 0.2) is 12.2 Å². The van der Waals surface area contributed by atoms with Gasteiger partial charge in [-0.2, -0.15) is 0 Å². The summed E-state index contributed by atoms with van der Waals surface area (Å²) in [7, 11) is 0. The van der Waals surface area contributed by atoms with Gasteiger partial charge in [-0.05, 0) is 57.9 Å². The molecular weight excluding hydrogens is 387 g/mol. The Balaban J connectivity index is 0. The van der Waals surface area contributed by atoms with E-state index in [1.54, 1.807) is 0 Å². The van der Waals surface area contributed by atoms with E-state index in [4.69, 9.17) is 5.73 Å². The van der Waals surface area contributed by atoms with Gasteiger partial charge < -0.3 is 16.2 Å². The molecule has 0 aliphatic heterocycles. The normalized spacial score (nSPS) is 11.9. The van der Waals surface area contributed by atoms with Crippen molar-refractivity contribution in [3.8, 4) is 0 Å². The second-order valence-corrected chi connectivity index (χ2v) is 8.08. The number of hydrogen-bond acceptors (Lipinski definition) is 3. The molecule has 4 N–H and O–H groups in total. The van der Waals surface area contributed by atoms with E-state index in [1.807, 2.05) is 0 Å². The van der Waals surface area contributed by atoms with Crippen LogP contribution in [0.3, 0.4) is 0 Å². The van der Waals surface area contributed by atoms with Crippen LogP contribution < -0.4 is 40.6 Å². The molecule has 1 amide bonds. The van der Waals surface area contributed by atoms with Crippen molar-refractivity contribution in [1.29, 1.82) is 0 Å². The van der Waals surface area contributed by atoms with Crippen molar-refractivity contribution in [3.05, 3.63) is 12.2 Å². The maximum Gasteiger partial charge on any atom is 1.00 e. The molecule has 1 unspecified atom stereocenters. The van der Waals surface area contributed by atoms with Crippen molar-refractivity contribution in [2.45, 2.75) is 122 Å². The fraction of sp³-hybridized carbons (Fsp3) is 0.833. The zero-order valence-electron chi connectivity index (χ0n) is 19.8. The van der Waals surface area contributed by atoms with Gasteiger partial charge in [0.15, 0.2) is 0 Å². The van der Waals surface area contributed by atoms with Gasteiger partial charge in [0.2, 0.25) is 5.91 Å². The number of carboxylic acid groups (broad SMARTS) is 1. The van der Waals surface area contributed by atoms with Gasteiger partial charge in [-0.15, -0.1) is 0 Å². The van der Waals surface area contributed by atoms with Gasteiger partial charge in [-0.1, -0.05) is 70.4 Å². The number of nitrogens with one attached hydrogen (secondary N) is 1. The number of nitrogens with two attached hydrogens (primary N) is 1. The summed E-state index contributed by atoms with van der Waals surface area (Å²) in [5.41, 5.74) is 5.42. The molecule has 30 heavy (non-hydrogen) atoms. The van der Waals surface area contributed by atoms with E-state index in [1.165, 1.54) is 57.8 Å². The fourth-order valence-corrected chi connectivity index (χ4v) is 3.37. The number of carbonyl (C=O) groups is 2. The number of unbranched alkanes of at least 4 members (excludes halogenated alkanes) is 12. The number of carboxylic acids is 1. The molecule has 0 aromatic heterocycles. The Hall–Kier alpha value is -0.360. The number of allylic oxidation sites excluding steroid dienone is 2. The van der Waals surface area contributed by atoms with Gasteiger partial charge in [-0.3, -0.25) is 4.79 Å². The Kier molecular flexibility index (Phi) is 26.4. The molecule has 1 atom stereocenters. The van der Waals surface area contributed by atoms with Crippen molar-refractivity contribution in [2.75, 3.05) is 6.54 Å². The zero-order valence-corrected chi connectivity index (χ0v) is 21.8. The number of hydrogen-bond donors (Lipinski definition) is 3.